The van der Waals surface area contributed by atoms with Crippen molar-refractivity contribution in [2.75, 3.05) is 26.2 Å². The van der Waals surface area contributed by atoms with Crippen LogP contribution in [-0.2, 0) is 9.53 Å². The number of nitrogens with two attached hydrogens (primary N) is 1. The number of amides is 1. The molecule has 100 valence electrons. The van der Waals surface area contributed by atoms with Crippen molar-refractivity contribution < 1.29 is 9.53 Å². The molecule has 0 saturated carbocycles. The van der Waals surface area contributed by atoms with Crippen LogP contribution < -0.4 is 5.73 Å². The average Bonchev–Trinajstić information content (AvgIpc) is 2.84. The van der Waals surface area contributed by atoms with Gasteiger partial charge >= 0.3 is 0 Å². The second-order valence-electron chi connectivity index (χ2n) is 4.70. The molecule has 1 heterocycles. The van der Waals surface area contributed by atoms with Gasteiger partial charge in [-0.3, -0.25) is 4.79 Å². The summed E-state index contributed by atoms with van der Waals surface area (Å²) in [6, 6.07) is 0. The lowest BCUT2D eigenvalue weighted by molar-refractivity contribution is -0.131. The maximum Gasteiger partial charge on any atom is 0.222 e. The second-order valence-corrected chi connectivity index (χ2v) is 4.70. The zero-order valence-electron chi connectivity index (χ0n) is 11.0. The number of nitrogens with zero attached hydrogens (tertiary/aromatic N) is 1. The molecule has 0 bridgehead atoms. The van der Waals surface area contributed by atoms with Crippen molar-refractivity contribution in [2.45, 2.75) is 51.6 Å². The van der Waals surface area contributed by atoms with Gasteiger partial charge in [-0.05, 0) is 38.6 Å². The Bertz CT molecular complexity index is 215. The Morgan fingerprint density at radius 1 is 1.47 bits per heavy atom. The van der Waals surface area contributed by atoms with Crippen molar-refractivity contribution in [1.82, 2.24) is 4.90 Å². The number of ether oxygens (including phenoxy) is 1. The number of carbonyl (C=O) groups excluding carboxylic acids is 1. The molecule has 4 nitrogen and oxygen atoms in total. The highest BCUT2D eigenvalue weighted by atomic mass is 16.5. The van der Waals surface area contributed by atoms with E-state index in [1.165, 1.54) is 0 Å². The predicted octanol–water partition coefficient (Wildman–Crippen LogP) is 1.53. The Morgan fingerprint density at radius 2 is 2.29 bits per heavy atom. The minimum absolute atomic E-state index is 0.260. The minimum Gasteiger partial charge on any atom is -0.378 e. The molecule has 1 rings (SSSR count). The van der Waals surface area contributed by atoms with E-state index in [0.717, 1.165) is 51.8 Å². The molecule has 2 N–H and O–H groups in total. The van der Waals surface area contributed by atoms with Gasteiger partial charge in [0.05, 0.1) is 6.10 Å². The smallest absolute Gasteiger partial charge is 0.222 e. The molecule has 1 aliphatic heterocycles. The third-order valence-electron chi connectivity index (χ3n) is 3.18. The van der Waals surface area contributed by atoms with Crippen molar-refractivity contribution in [3.05, 3.63) is 0 Å². The molecule has 1 amide bonds. The Labute approximate surface area is 104 Å². The number of carbonyl (C=O) groups is 1. The maximum atomic E-state index is 12.0. The zero-order chi connectivity index (χ0) is 12.5. The van der Waals surface area contributed by atoms with Crippen molar-refractivity contribution in [2.24, 2.45) is 5.73 Å². The van der Waals surface area contributed by atoms with Gasteiger partial charge < -0.3 is 15.4 Å². The lowest BCUT2D eigenvalue weighted by atomic mass is 10.1. The standard InChI is InChI=1S/C13H26N2O2/c1-2-9-15(10-4-8-14)13(16)7-6-12-5-3-11-17-12/h12H,2-11,14H2,1H3. The first-order valence-corrected chi connectivity index (χ1v) is 6.87. The van der Waals surface area contributed by atoms with Gasteiger partial charge in [-0.15, -0.1) is 0 Å². The van der Waals surface area contributed by atoms with E-state index in [0.29, 0.717) is 19.1 Å². The summed E-state index contributed by atoms with van der Waals surface area (Å²) < 4.78 is 5.53. The van der Waals surface area contributed by atoms with Gasteiger partial charge in [0.2, 0.25) is 5.91 Å². The summed E-state index contributed by atoms with van der Waals surface area (Å²) in [5, 5.41) is 0. The predicted molar refractivity (Wildman–Crippen MR) is 68.8 cm³/mol. The van der Waals surface area contributed by atoms with Gasteiger partial charge in [0.15, 0.2) is 0 Å². The molecular weight excluding hydrogens is 216 g/mol. The van der Waals surface area contributed by atoms with Crippen LogP contribution in [0.4, 0.5) is 0 Å². The molecule has 0 aromatic heterocycles. The molecule has 0 spiro atoms. The van der Waals surface area contributed by atoms with Crippen LogP contribution in [0.3, 0.4) is 0 Å². The molecule has 4 heteroatoms. The highest BCUT2D eigenvalue weighted by molar-refractivity contribution is 5.76. The van der Waals surface area contributed by atoms with Crippen LogP contribution in [0.5, 0.6) is 0 Å². The fourth-order valence-electron chi connectivity index (χ4n) is 2.23. The lowest BCUT2D eigenvalue weighted by Crippen LogP contribution is -2.34. The largest absolute Gasteiger partial charge is 0.378 e. The van der Waals surface area contributed by atoms with Crippen LogP contribution in [0.1, 0.15) is 45.4 Å². The van der Waals surface area contributed by atoms with Crippen LogP contribution in [0.15, 0.2) is 0 Å². The molecule has 0 aromatic carbocycles. The first-order chi connectivity index (χ1) is 8.27. The molecule has 1 atom stereocenters. The minimum atomic E-state index is 0.260. The van der Waals surface area contributed by atoms with Crippen molar-refractivity contribution in [3.8, 4) is 0 Å². The Balaban J connectivity index is 2.24. The summed E-state index contributed by atoms with van der Waals surface area (Å²) in [4.78, 5) is 14.0. The van der Waals surface area contributed by atoms with E-state index in [4.69, 9.17) is 10.5 Å². The van der Waals surface area contributed by atoms with E-state index in [9.17, 15) is 4.79 Å². The van der Waals surface area contributed by atoms with E-state index in [1.54, 1.807) is 0 Å². The molecule has 1 unspecified atom stereocenters. The van der Waals surface area contributed by atoms with E-state index in [2.05, 4.69) is 6.92 Å². The van der Waals surface area contributed by atoms with Gasteiger partial charge in [0.1, 0.15) is 0 Å². The van der Waals surface area contributed by atoms with Crippen molar-refractivity contribution >= 4 is 5.91 Å². The van der Waals surface area contributed by atoms with E-state index in [1.807, 2.05) is 4.90 Å². The first kappa shape index (κ1) is 14.5. The summed E-state index contributed by atoms with van der Waals surface area (Å²) in [6.07, 6.45) is 5.98. The number of hydrogen-bond donors (Lipinski definition) is 1. The summed E-state index contributed by atoms with van der Waals surface area (Å²) in [5.41, 5.74) is 5.49. The van der Waals surface area contributed by atoms with Crippen LogP contribution in [0.25, 0.3) is 0 Å². The van der Waals surface area contributed by atoms with E-state index in [-0.39, 0.29) is 5.91 Å². The highest BCUT2D eigenvalue weighted by Gasteiger charge is 2.18. The fourth-order valence-corrected chi connectivity index (χ4v) is 2.23. The summed E-state index contributed by atoms with van der Waals surface area (Å²) in [6.45, 7) is 5.27. The Kier molecular flexibility index (Phi) is 7.21. The number of rotatable bonds is 8. The highest BCUT2D eigenvalue weighted by Crippen LogP contribution is 2.17. The van der Waals surface area contributed by atoms with E-state index < -0.39 is 0 Å². The SMILES string of the molecule is CCCN(CCCN)C(=O)CCC1CCCO1. The Morgan fingerprint density at radius 3 is 2.88 bits per heavy atom. The molecule has 0 aliphatic carbocycles. The van der Waals surface area contributed by atoms with Gasteiger partial charge in [0.25, 0.3) is 0 Å². The van der Waals surface area contributed by atoms with Crippen LogP contribution >= 0.6 is 0 Å². The molecule has 1 saturated heterocycles. The molecule has 0 aromatic rings. The van der Waals surface area contributed by atoms with Crippen LogP contribution in [-0.4, -0.2) is 43.2 Å². The topological polar surface area (TPSA) is 55.6 Å². The maximum absolute atomic E-state index is 12.0. The van der Waals surface area contributed by atoms with E-state index >= 15 is 0 Å². The Hall–Kier alpha value is -0.610. The molecule has 1 fully saturated rings. The molecular formula is C13H26N2O2. The number of hydrogen-bond acceptors (Lipinski definition) is 3. The zero-order valence-corrected chi connectivity index (χ0v) is 11.0. The van der Waals surface area contributed by atoms with Crippen molar-refractivity contribution in [1.29, 1.82) is 0 Å². The lowest BCUT2D eigenvalue weighted by Gasteiger charge is -2.22. The van der Waals surface area contributed by atoms with Crippen molar-refractivity contribution in [3.63, 3.8) is 0 Å². The van der Waals surface area contributed by atoms with Gasteiger partial charge in [-0.25, -0.2) is 0 Å². The van der Waals surface area contributed by atoms with Crippen LogP contribution in [0.2, 0.25) is 0 Å². The third kappa shape index (κ3) is 5.50. The third-order valence-corrected chi connectivity index (χ3v) is 3.18. The van der Waals surface area contributed by atoms with Gasteiger partial charge in [0, 0.05) is 26.1 Å². The van der Waals surface area contributed by atoms with Gasteiger partial charge in [-0.2, -0.15) is 0 Å². The molecule has 0 radical (unpaired) electrons. The fraction of sp³-hybridized carbons (Fsp3) is 0.923. The first-order valence-electron chi connectivity index (χ1n) is 6.87. The second kappa shape index (κ2) is 8.48. The summed E-state index contributed by atoms with van der Waals surface area (Å²) in [7, 11) is 0. The van der Waals surface area contributed by atoms with Gasteiger partial charge in [-0.1, -0.05) is 6.92 Å². The summed E-state index contributed by atoms with van der Waals surface area (Å²) >= 11 is 0. The van der Waals surface area contributed by atoms with Crippen LogP contribution in [0, 0.1) is 0 Å². The summed E-state index contributed by atoms with van der Waals surface area (Å²) in [5.74, 6) is 0.260. The molecule has 17 heavy (non-hydrogen) atoms. The quantitative estimate of drug-likeness (QED) is 0.702. The average molecular weight is 242 g/mol. The monoisotopic (exact) mass is 242 g/mol. The molecule has 1 aliphatic rings. The normalized spacial score (nSPS) is 19.5.